The van der Waals surface area contributed by atoms with Crippen LogP contribution >= 0.6 is 0 Å². The van der Waals surface area contributed by atoms with Gasteiger partial charge < -0.3 is 9.80 Å². The second-order valence-corrected chi connectivity index (χ2v) is 6.05. The summed E-state index contributed by atoms with van der Waals surface area (Å²) in [6.45, 7) is 6.54. The van der Waals surface area contributed by atoms with Gasteiger partial charge >= 0.3 is 0 Å². The van der Waals surface area contributed by atoms with Crippen molar-refractivity contribution in [3.63, 3.8) is 0 Å². The average molecular weight is 258 g/mol. The van der Waals surface area contributed by atoms with E-state index in [9.17, 15) is 0 Å². The molecule has 2 heterocycles. The van der Waals surface area contributed by atoms with E-state index in [1.54, 1.807) is 0 Å². The number of likely N-dealkylation sites (tertiary alicyclic amines) is 2. The van der Waals surface area contributed by atoms with Gasteiger partial charge in [0.15, 0.2) is 0 Å². The highest BCUT2D eigenvalue weighted by Gasteiger charge is 2.25. The van der Waals surface area contributed by atoms with Crippen LogP contribution in [0.3, 0.4) is 0 Å². The van der Waals surface area contributed by atoms with Crippen molar-refractivity contribution >= 4 is 0 Å². The molecular formula is C17H26N2. The molecule has 0 unspecified atom stereocenters. The van der Waals surface area contributed by atoms with Gasteiger partial charge in [-0.3, -0.25) is 0 Å². The topological polar surface area (TPSA) is 6.48 Å². The van der Waals surface area contributed by atoms with Crippen molar-refractivity contribution in [3.8, 4) is 0 Å². The second kappa shape index (κ2) is 6.53. The molecule has 0 N–H and O–H groups in total. The SMILES string of the molecule is c1ccc(CCN2CCC(N3CCCC3)CC2)cc1. The summed E-state index contributed by atoms with van der Waals surface area (Å²) >= 11 is 0. The van der Waals surface area contributed by atoms with E-state index >= 15 is 0 Å². The molecule has 2 aliphatic heterocycles. The maximum atomic E-state index is 2.73. The zero-order valence-corrected chi connectivity index (χ0v) is 11.9. The quantitative estimate of drug-likeness (QED) is 0.819. The van der Waals surface area contributed by atoms with Gasteiger partial charge in [-0.1, -0.05) is 30.3 Å². The van der Waals surface area contributed by atoms with Crippen LogP contribution in [0, 0.1) is 0 Å². The molecule has 3 rings (SSSR count). The fourth-order valence-corrected chi connectivity index (χ4v) is 3.55. The van der Waals surface area contributed by atoms with Gasteiger partial charge in [0, 0.05) is 12.6 Å². The Kier molecular flexibility index (Phi) is 4.52. The van der Waals surface area contributed by atoms with Crippen molar-refractivity contribution in [1.82, 2.24) is 9.80 Å². The molecule has 2 fully saturated rings. The largest absolute Gasteiger partial charge is 0.303 e. The van der Waals surface area contributed by atoms with Gasteiger partial charge in [0.25, 0.3) is 0 Å². The highest BCUT2D eigenvalue weighted by molar-refractivity contribution is 5.14. The van der Waals surface area contributed by atoms with Crippen LogP contribution in [-0.2, 0) is 6.42 Å². The molecule has 2 aliphatic rings. The van der Waals surface area contributed by atoms with E-state index in [-0.39, 0.29) is 0 Å². The minimum atomic E-state index is 0.885. The van der Waals surface area contributed by atoms with Gasteiger partial charge in [-0.25, -0.2) is 0 Å². The molecule has 0 amide bonds. The minimum Gasteiger partial charge on any atom is -0.303 e. The molecule has 2 nitrogen and oxygen atoms in total. The van der Waals surface area contributed by atoms with Crippen LogP contribution < -0.4 is 0 Å². The molecular weight excluding hydrogens is 232 g/mol. The van der Waals surface area contributed by atoms with Crippen LogP contribution in [0.15, 0.2) is 30.3 Å². The first-order chi connectivity index (χ1) is 9.42. The van der Waals surface area contributed by atoms with E-state index in [4.69, 9.17) is 0 Å². The number of nitrogens with zero attached hydrogens (tertiary/aromatic N) is 2. The van der Waals surface area contributed by atoms with E-state index in [0.717, 1.165) is 6.04 Å². The number of hydrogen-bond donors (Lipinski definition) is 0. The van der Waals surface area contributed by atoms with Crippen LogP contribution in [0.2, 0.25) is 0 Å². The first-order valence-electron chi connectivity index (χ1n) is 7.92. The van der Waals surface area contributed by atoms with Gasteiger partial charge in [-0.15, -0.1) is 0 Å². The normalized spacial score (nSPS) is 22.9. The third-order valence-corrected chi connectivity index (χ3v) is 4.77. The maximum Gasteiger partial charge on any atom is 0.0120 e. The van der Waals surface area contributed by atoms with Gasteiger partial charge in [0.2, 0.25) is 0 Å². The smallest absolute Gasteiger partial charge is 0.0120 e. The van der Waals surface area contributed by atoms with E-state index in [2.05, 4.69) is 40.1 Å². The van der Waals surface area contributed by atoms with Crippen molar-refractivity contribution in [2.45, 2.75) is 38.1 Å². The molecule has 0 spiro atoms. The molecule has 0 aliphatic carbocycles. The Hall–Kier alpha value is -0.860. The van der Waals surface area contributed by atoms with Gasteiger partial charge in [-0.05, 0) is 63.8 Å². The molecule has 19 heavy (non-hydrogen) atoms. The average Bonchev–Trinajstić information content (AvgIpc) is 3.01. The predicted molar refractivity (Wildman–Crippen MR) is 80.4 cm³/mol. The summed E-state index contributed by atoms with van der Waals surface area (Å²) in [6.07, 6.45) is 6.82. The molecule has 2 heteroatoms. The van der Waals surface area contributed by atoms with Gasteiger partial charge in [-0.2, -0.15) is 0 Å². The Morgan fingerprint density at radius 3 is 2.26 bits per heavy atom. The number of benzene rings is 1. The molecule has 0 saturated carbocycles. The van der Waals surface area contributed by atoms with Crippen LogP contribution in [0.5, 0.6) is 0 Å². The molecule has 1 aromatic carbocycles. The first kappa shape index (κ1) is 13.1. The lowest BCUT2D eigenvalue weighted by Crippen LogP contribution is -2.44. The fourth-order valence-electron chi connectivity index (χ4n) is 3.55. The summed E-state index contributed by atoms with van der Waals surface area (Å²) in [5.74, 6) is 0. The lowest BCUT2D eigenvalue weighted by molar-refractivity contribution is 0.128. The number of piperidine rings is 1. The van der Waals surface area contributed by atoms with Crippen LogP contribution in [0.25, 0.3) is 0 Å². The minimum absolute atomic E-state index is 0.885. The van der Waals surface area contributed by atoms with E-state index in [0.29, 0.717) is 0 Å². The van der Waals surface area contributed by atoms with Crippen molar-refractivity contribution < 1.29 is 0 Å². The third-order valence-electron chi connectivity index (χ3n) is 4.77. The zero-order chi connectivity index (χ0) is 12.9. The summed E-state index contributed by atoms with van der Waals surface area (Å²) in [5, 5.41) is 0. The summed E-state index contributed by atoms with van der Waals surface area (Å²) in [5.41, 5.74) is 1.48. The molecule has 0 radical (unpaired) electrons. The van der Waals surface area contributed by atoms with Crippen LogP contribution in [-0.4, -0.2) is 48.6 Å². The van der Waals surface area contributed by atoms with Crippen LogP contribution in [0.1, 0.15) is 31.2 Å². The Morgan fingerprint density at radius 1 is 0.895 bits per heavy atom. The Morgan fingerprint density at radius 2 is 1.58 bits per heavy atom. The molecule has 1 aromatic rings. The van der Waals surface area contributed by atoms with E-state index in [1.807, 2.05) is 0 Å². The summed E-state index contributed by atoms with van der Waals surface area (Å²) in [7, 11) is 0. The van der Waals surface area contributed by atoms with E-state index < -0.39 is 0 Å². The molecule has 2 saturated heterocycles. The number of hydrogen-bond acceptors (Lipinski definition) is 2. The highest BCUT2D eigenvalue weighted by atomic mass is 15.2. The molecule has 0 bridgehead atoms. The Balaban J connectivity index is 1.40. The molecule has 104 valence electrons. The fraction of sp³-hybridized carbons (Fsp3) is 0.647. The Labute approximate surface area is 117 Å². The van der Waals surface area contributed by atoms with Gasteiger partial charge in [0.1, 0.15) is 0 Å². The van der Waals surface area contributed by atoms with E-state index in [1.165, 1.54) is 70.4 Å². The van der Waals surface area contributed by atoms with Gasteiger partial charge in [0.05, 0.1) is 0 Å². The number of rotatable bonds is 4. The third kappa shape index (κ3) is 3.58. The van der Waals surface area contributed by atoms with Crippen molar-refractivity contribution in [2.75, 3.05) is 32.7 Å². The van der Waals surface area contributed by atoms with Crippen molar-refractivity contribution in [2.24, 2.45) is 0 Å². The summed E-state index contributed by atoms with van der Waals surface area (Å²) in [4.78, 5) is 5.38. The summed E-state index contributed by atoms with van der Waals surface area (Å²) < 4.78 is 0. The lowest BCUT2D eigenvalue weighted by atomic mass is 10.0. The maximum absolute atomic E-state index is 2.73. The monoisotopic (exact) mass is 258 g/mol. The zero-order valence-electron chi connectivity index (χ0n) is 11.9. The summed E-state index contributed by atoms with van der Waals surface area (Å²) in [6, 6.07) is 11.8. The standard InChI is InChI=1S/C17H26N2/c1-2-6-16(7-3-1)8-13-18-14-9-17(10-15-18)19-11-4-5-12-19/h1-3,6-7,17H,4-5,8-15H2. The second-order valence-electron chi connectivity index (χ2n) is 6.05. The Bertz CT molecular complexity index is 362. The highest BCUT2D eigenvalue weighted by Crippen LogP contribution is 2.21. The molecule has 0 aromatic heterocycles. The lowest BCUT2D eigenvalue weighted by Gasteiger charge is -2.36. The van der Waals surface area contributed by atoms with Crippen LogP contribution in [0.4, 0.5) is 0 Å². The van der Waals surface area contributed by atoms with Crippen molar-refractivity contribution in [3.05, 3.63) is 35.9 Å². The van der Waals surface area contributed by atoms with Crippen molar-refractivity contribution in [1.29, 1.82) is 0 Å². The first-order valence-corrected chi connectivity index (χ1v) is 7.92. The molecule has 0 atom stereocenters. The predicted octanol–water partition coefficient (Wildman–Crippen LogP) is 2.79.